The Hall–Kier alpha value is -5.72. The molecular formula is C47H32. The summed E-state index contributed by atoms with van der Waals surface area (Å²) in [5, 5.41) is 13.1. The predicted molar refractivity (Wildman–Crippen MR) is 202 cm³/mol. The van der Waals surface area contributed by atoms with E-state index in [0.29, 0.717) is 0 Å². The van der Waals surface area contributed by atoms with Crippen LogP contribution in [0.15, 0.2) is 158 Å². The molecule has 9 aromatic rings. The van der Waals surface area contributed by atoms with Gasteiger partial charge in [0.25, 0.3) is 0 Å². The second kappa shape index (κ2) is 9.64. The van der Waals surface area contributed by atoms with Gasteiger partial charge in [-0.05, 0) is 123 Å². The number of fused-ring (bicyclic) bond motifs is 11. The minimum atomic E-state index is -0.110. The van der Waals surface area contributed by atoms with E-state index in [1.165, 1.54) is 98.4 Å². The third-order valence-corrected chi connectivity index (χ3v) is 10.8. The molecule has 0 unspecified atom stereocenters. The van der Waals surface area contributed by atoms with E-state index >= 15 is 0 Å². The highest BCUT2D eigenvalue weighted by Crippen LogP contribution is 2.55. The van der Waals surface area contributed by atoms with Crippen LogP contribution in [0.5, 0.6) is 0 Å². The predicted octanol–water partition coefficient (Wildman–Crippen LogP) is 13.1. The molecule has 47 heavy (non-hydrogen) atoms. The van der Waals surface area contributed by atoms with Crippen molar-refractivity contribution in [3.63, 3.8) is 0 Å². The van der Waals surface area contributed by atoms with Crippen LogP contribution in [0.3, 0.4) is 0 Å². The molecule has 0 N–H and O–H groups in total. The topological polar surface area (TPSA) is 0 Å². The Morgan fingerprint density at radius 2 is 0.872 bits per heavy atom. The molecule has 9 aromatic carbocycles. The monoisotopic (exact) mass is 596 g/mol. The van der Waals surface area contributed by atoms with Crippen molar-refractivity contribution in [3.05, 3.63) is 169 Å². The molecule has 0 amide bonds. The molecular weight excluding hydrogens is 565 g/mol. The van der Waals surface area contributed by atoms with Crippen molar-refractivity contribution in [2.24, 2.45) is 0 Å². The molecule has 0 heterocycles. The summed E-state index contributed by atoms with van der Waals surface area (Å²) in [5.41, 5.74) is 10.6. The average Bonchev–Trinajstić information content (AvgIpc) is 3.35. The van der Waals surface area contributed by atoms with Gasteiger partial charge in [0.05, 0.1) is 0 Å². The van der Waals surface area contributed by atoms with Crippen molar-refractivity contribution in [2.75, 3.05) is 0 Å². The molecule has 0 fully saturated rings. The average molecular weight is 597 g/mol. The first-order chi connectivity index (χ1) is 23.1. The molecule has 1 aliphatic rings. The van der Waals surface area contributed by atoms with Crippen LogP contribution >= 0.6 is 0 Å². The molecule has 0 saturated carbocycles. The molecule has 0 heteroatoms. The second-order valence-electron chi connectivity index (χ2n) is 13.7. The van der Waals surface area contributed by atoms with Crippen LogP contribution in [-0.4, -0.2) is 0 Å². The molecule has 0 atom stereocenters. The highest BCUT2D eigenvalue weighted by Gasteiger charge is 2.38. The first kappa shape index (κ1) is 26.5. The first-order valence-electron chi connectivity index (χ1n) is 16.6. The molecule has 0 aromatic heterocycles. The lowest BCUT2D eigenvalue weighted by atomic mass is 9.78. The minimum absolute atomic E-state index is 0.110. The zero-order valence-electron chi connectivity index (χ0n) is 26.5. The van der Waals surface area contributed by atoms with Crippen LogP contribution < -0.4 is 0 Å². The van der Waals surface area contributed by atoms with E-state index < -0.39 is 0 Å². The summed E-state index contributed by atoms with van der Waals surface area (Å²) in [5.74, 6) is 0. The maximum atomic E-state index is 2.43. The summed E-state index contributed by atoms with van der Waals surface area (Å²) < 4.78 is 0. The van der Waals surface area contributed by atoms with Gasteiger partial charge in [0.15, 0.2) is 0 Å². The Labute approximate surface area is 274 Å². The summed E-state index contributed by atoms with van der Waals surface area (Å²) in [4.78, 5) is 0. The van der Waals surface area contributed by atoms with Crippen LogP contribution in [0.2, 0.25) is 0 Å². The van der Waals surface area contributed by atoms with Crippen LogP contribution in [0.4, 0.5) is 0 Å². The normalized spacial score (nSPS) is 13.5. The molecule has 0 bridgehead atoms. The van der Waals surface area contributed by atoms with Gasteiger partial charge in [-0.2, -0.15) is 0 Å². The van der Waals surface area contributed by atoms with Crippen molar-refractivity contribution >= 4 is 53.9 Å². The van der Waals surface area contributed by atoms with Crippen LogP contribution in [-0.2, 0) is 5.41 Å². The fourth-order valence-electron chi connectivity index (χ4n) is 8.55. The standard InChI is InChI=1S/C47H32/c1-47(2)43-28-32-12-4-3-11-31(32)27-42(43)45-39-18-10-9-17-38(39)41-26-33(23-24-40(41)46(45)47)29-19-21-30(22-20-29)44-36-15-7-5-13-34(36)25-35-14-6-8-16-37(35)44/h3-28H,1-2H3. The number of hydrogen-bond acceptors (Lipinski definition) is 0. The second-order valence-corrected chi connectivity index (χ2v) is 13.7. The van der Waals surface area contributed by atoms with E-state index in [9.17, 15) is 0 Å². The van der Waals surface area contributed by atoms with Crippen molar-refractivity contribution in [3.8, 4) is 33.4 Å². The first-order valence-corrected chi connectivity index (χ1v) is 16.6. The Morgan fingerprint density at radius 1 is 0.340 bits per heavy atom. The summed E-state index contributed by atoms with van der Waals surface area (Å²) in [6.45, 7) is 4.81. The third kappa shape index (κ3) is 3.76. The van der Waals surface area contributed by atoms with Gasteiger partial charge in [-0.25, -0.2) is 0 Å². The highest BCUT2D eigenvalue weighted by molar-refractivity contribution is 6.19. The SMILES string of the molecule is CC1(C)c2cc3ccccc3cc2-c2c1c1ccc(-c3ccc(-c4c5ccccc5cc5ccccc45)cc3)cc1c1ccccc21. The van der Waals surface area contributed by atoms with Crippen molar-refractivity contribution < 1.29 is 0 Å². The largest absolute Gasteiger partial charge is 0.0616 e. The molecule has 0 aliphatic heterocycles. The Balaban J connectivity index is 1.16. The van der Waals surface area contributed by atoms with Gasteiger partial charge in [0, 0.05) is 5.41 Å². The number of rotatable bonds is 2. The van der Waals surface area contributed by atoms with Gasteiger partial charge in [-0.1, -0.05) is 147 Å². The van der Waals surface area contributed by atoms with E-state index in [0.717, 1.165) is 0 Å². The van der Waals surface area contributed by atoms with Crippen LogP contribution in [0.1, 0.15) is 25.0 Å². The lowest BCUT2D eigenvalue weighted by Crippen LogP contribution is -2.15. The smallest absolute Gasteiger partial charge is 0.0165 e. The zero-order valence-corrected chi connectivity index (χ0v) is 26.5. The third-order valence-electron chi connectivity index (χ3n) is 10.8. The van der Waals surface area contributed by atoms with E-state index in [1.54, 1.807) is 0 Å². The lowest BCUT2D eigenvalue weighted by Gasteiger charge is -2.24. The fourth-order valence-corrected chi connectivity index (χ4v) is 8.55. The quantitative estimate of drug-likeness (QED) is 0.138. The molecule has 0 saturated heterocycles. The Bertz CT molecular complexity index is 2690. The number of hydrogen-bond donors (Lipinski definition) is 0. The maximum absolute atomic E-state index is 2.43. The van der Waals surface area contributed by atoms with Crippen molar-refractivity contribution in [2.45, 2.75) is 19.3 Å². The summed E-state index contributed by atoms with van der Waals surface area (Å²) in [6, 6.07) is 58.8. The van der Waals surface area contributed by atoms with E-state index in [2.05, 4.69) is 172 Å². The summed E-state index contributed by atoms with van der Waals surface area (Å²) in [7, 11) is 0. The van der Waals surface area contributed by atoms with Crippen molar-refractivity contribution in [1.29, 1.82) is 0 Å². The van der Waals surface area contributed by atoms with Gasteiger partial charge < -0.3 is 0 Å². The highest BCUT2D eigenvalue weighted by atomic mass is 14.4. The minimum Gasteiger partial charge on any atom is -0.0616 e. The Morgan fingerprint density at radius 3 is 1.55 bits per heavy atom. The number of benzene rings is 9. The van der Waals surface area contributed by atoms with Gasteiger partial charge in [-0.3, -0.25) is 0 Å². The summed E-state index contributed by atoms with van der Waals surface area (Å²) in [6.07, 6.45) is 0. The molecule has 0 nitrogen and oxygen atoms in total. The van der Waals surface area contributed by atoms with Gasteiger partial charge >= 0.3 is 0 Å². The van der Waals surface area contributed by atoms with Crippen molar-refractivity contribution in [1.82, 2.24) is 0 Å². The molecule has 0 radical (unpaired) electrons. The van der Waals surface area contributed by atoms with E-state index in [-0.39, 0.29) is 5.41 Å². The van der Waals surface area contributed by atoms with Gasteiger partial charge in [-0.15, -0.1) is 0 Å². The van der Waals surface area contributed by atoms with Crippen LogP contribution in [0, 0.1) is 0 Å². The van der Waals surface area contributed by atoms with E-state index in [4.69, 9.17) is 0 Å². The van der Waals surface area contributed by atoms with Gasteiger partial charge in [0.2, 0.25) is 0 Å². The summed E-state index contributed by atoms with van der Waals surface area (Å²) >= 11 is 0. The lowest BCUT2D eigenvalue weighted by molar-refractivity contribution is 0.667. The molecule has 220 valence electrons. The molecule has 10 rings (SSSR count). The van der Waals surface area contributed by atoms with E-state index in [1.807, 2.05) is 0 Å². The van der Waals surface area contributed by atoms with Crippen LogP contribution in [0.25, 0.3) is 87.2 Å². The maximum Gasteiger partial charge on any atom is 0.0165 e. The molecule has 1 aliphatic carbocycles. The zero-order chi connectivity index (χ0) is 31.3. The fraction of sp³-hybridized carbons (Fsp3) is 0.0638. The molecule has 0 spiro atoms. The Kier molecular flexibility index (Phi) is 5.44. The van der Waals surface area contributed by atoms with Gasteiger partial charge in [0.1, 0.15) is 0 Å².